The van der Waals surface area contributed by atoms with Crippen LogP contribution in [0.4, 0.5) is 0 Å². The molecule has 0 unspecified atom stereocenters. The number of hydrogen-bond donors (Lipinski definition) is 2. The molecule has 0 aromatic heterocycles. The van der Waals surface area contributed by atoms with Gasteiger partial charge in [0.15, 0.2) is 0 Å². The fourth-order valence-corrected chi connectivity index (χ4v) is 2.04. The number of primary amides is 1. The number of methoxy groups -OCH3 is 1. The SMILES string of the molecule is COc1ccc(CN[C@@H](CCSC)C(N)=O)cc1. The number of nitrogens with one attached hydrogen (secondary N) is 1. The number of thioether (sulfide) groups is 1. The quantitative estimate of drug-likeness (QED) is 0.748. The summed E-state index contributed by atoms with van der Waals surface area (Å²) in [5.74, 6) is 1.45. The average molecular weight is 268 g/mol. The molecule has 0 aliphatic carbocycles. The van der Waals surface area contributed by atoms with Gasteiger partial charge < -0.3 is 15.8 Å². The average Bonchev–Trinajstić information content (AvgIpc) is 2.39. The molecule has 0 aliphatic heterocycles. The highest BCUT2D eigenvalue weighted by atomic mass is 32.2. The van der Waals surface area contributed by atoms with Crippen LogP contribution in [0.5, 0.6) is 5.75 Å². The zero-order valence-corrected chi connectivity index (χ0v) is 11.6. The van der Waals surface area contributed by atoms with Crippen molar-refractivity contribution in [1.29, 1.82) is 0 Å². The lowest BCUT2D eigenvalue weighted by Gasteiger charge is -2.15. The van der Waals surface area contributed by atoms with Crippen LogP contribution in [0, 0.1) is 0 Å². The number of amides is 1. The van der Waals surface area contributed by atoms with E-state index in [4.69, 9.17) is 10.5 Å². The molecule has 1 rings (SSSR count). The van der Waals surface area contributed by atoms with Crippen LogP contribution in [0.3, 0.4) is 0 Å². The Hall–Kier alpha value is -1.20. The van der Waals surface area contributed by atoms with Gasteiger partial charge in [0.1, 0.15) is 5.75 Å². The second kappa shape index (κ2) is 8.00. The summed E-state index contributed by atoms with van der Waals surface area (Å²) < 4.78 is 5.09. The van der Waals surface area contributed by atoms with Crippen LogP contribution in [-0.4, -0.2) is 31.1 Å². The maximum absolute atomic E-state index is 11.3. The highest BCUT2D eigenvalue weighted by Gasteiger charge is 2.13. The lowest BCUT2D eigenvalue weighted by Crippen LogP contribution is -2.41. The molecule has 4 nitrogen and oxygen atoms in total. The van der Waals surface area contributed by atoms with Crippen LogP contribution in [0.2, 0.25) is 0 Å². The number of ether oxygens (including phenoxy) is 1. The molecule has 1 atom stereocenters. The van der Waals surface area contributed by atoms with E-state index in [-0.39, 0.29) is 11.9 Å². The minimum Gasteiger partial charge on any atom is -0.497 e. The van der Waals surface area contributed by atoms with Gasteiger partial charge in [-0.25, -0.2) is 0 Å². The zero-order chi connectivity index (χ0) is 13.4. The molecule has 1 aromatic rings. The molecule has 5 heteroatoms. The molecular formula is C13H20N2O2S. The summed E-state index contributed by atoms with van der Waals surface area (Å²) in [6.45, 7) is 0.631. The van der Waals surface area contributed by atoms with Crippen molar-refractivity contribution in [3.05, 3.63) is 29.8 Å². The summed E-state index contributed by atoms with van der Waals surface area (Å²) in [4.78, 5) is 11.3. The van der Waals surface area contributed by atoms with Crippen molar-refractivity contribution in [2.45, 2.75) is 19.0 Å². The monoisotopic (exact) mass is 268 g/mol. The smallest absolute Gasteiger partial charge is 0.234 e. The van der Waals surface area contributed by atoms with Gasteiger partial charge in [-0.2, -0.15) is 11.8 Å². The standard InChI is InChI=1S/C13H20N2O2S/c1-17-11-5-3-10(4-6-11)9-15-12(13(14)16)7-8-18-2/h3-6,12,15H,7-9H2,1-2H3,(H2,14,16)/t12-/m0/s1. The Morgan fingerprint density at radius 2 is 2.11 bits per heavy atom. The molecule has 1 aromatic carbocycles. The first-order chi connectivity index (χ1) is 8.67. The minimum atomic E-state index is -0.294. The van der Waals surface area contributed by atoms with Gasteiger partial charge in [-0.05, 0) is 36.1 Å². The Bertz CT molecular complexity index is 368. The van der Waals surface area contributed by atoms with E-state index in [1.807, 2.05) is 30.5 Å². The van der Waals surface area contributed by atoms with Gasteiger partial charge in [-0.1, -0.05) is 12.1 Å². The van der Waals surface area contributed by atoms with Crippen LogP contribution in [0.1, 0.15) is 12.0 Å². The van der Waals surface area contributed by atoms with Crippen LogP contribution in [0.15, 0.2) is 24.3 Å². The highest BCUT2D eigenvalue weighted by Crippen LogP contribution is 2.11. The molecule has 100 valence electrons. The van der Waals surface area contributed by atoms with E-state index in [1.165, 1.54) is 0 Å². The van der Waals surface area contributed by atoms with E-state index in [0.717, 1.165) is 23.5 Å². The third-order valence-corrected chi connectivity index (χ3v) is 3.31. The normalized spacial score (nSPS) is 12.1. The van der Waals surface area contributed by atoms with E-state index in [1.54, 1.807) is 18.9 Å². The summed E-state index contributed by atoms with van der Waals surface area (Å²) in [5.41, 5.74) is 6.46. The first-order valence-electron chi connectivity index (χ1n) is 5.82. The molecule has 0 bridgehead atoms. The molecule has 1 amide bonds. The number of benzene rings is 1. The van der Waals surface area contributed by atoms with Gasteiger partial charge in [0, 0.05) is 6.54 Å². The van der Waals surface area contributed by atoms with Crippen LogP contribution < -0.4 is 15.8 Å². The van der Waals surface area contributed by atoms with Crippen LogP contribution >= 0.6 is 11.8 Å². The Balaban J connectivity index is 2.47. The second-order valence-corrected chi connectivity index (χ2v) is 4.95. The van der Waals surface area contributed by atoms with Crippen molar-refractivity contribution < 1.29 is 9.53 Å². The number of rotatable bonds is 8. The number of carbonyl (C=O) groups is 1. The van der Waals surface area contributed by atoms with Gasteiger partial charge >= 0.3 is 0 Å². The fraction of sp³-hybridized carbons (Fsp3) is 0.462. The lowest BCUT2D eigenvalue weighted by molar-refractivity contribution is -0.120. The Morgan fingerprint density at radius 3 is 2.61 bits per heavy atom. The summed E-state index contributed by atoms with van der Waals surface area (Å²) in [6, 6.07) is 7.48. The lowest BCUT2D eigenvalue weighted by atomic mass is 10.1. The van der Waals surface area contributed by atoms with Gasteiger partial charge in [-0.3, -0.25) is 4.79 Å². The van der Waals surface area contributed by atoms with Crippen LogP contribution in [-0.2, 0) is 11.3 Å². The summed E-state index contributed by atoms with van der Waals surface area (Å²) >= 11 is 1.71. The van der Waals surface area contributed by atoms with E-state index in [9.17, 15) is 4.79 Å². The predicted molar refractivity (Wildman–Crippen MR) is 75.8 cm³/mol. The van der Waals surface area contributed by atoms with Crippen molar-refractivity contribution in [1.82, 2.24) is 5.32 Å². The van der Waals surface area contributed by atoms with Crippen molar-refractivity contribution in [3.8, 4) is 5.75 Å². The molecular weight excluding hydrogens is 248 g/mol. The molecule has 0 fully saturated rings. The van der Waals surface area contributed by atoms with Gasteiger partial charge in [0.05, 0.1) is 13.2 Å². The van der Waals surface area contributed by atoms with Crippen molar-refractivity contribution in [3.63, 3.8) is 0 Å². The fourth-order valence-electron chi connectivity index (χ4n) is 1.57. The summed E-state index contributed by atoms with van der Waals surface area (Å²) in [6.07, 6.45) is 2.77. The van der Waals surface area contributed by atoms with E-state index >= 15 is 0 Å². The molecule has 0 saturated heterocycles. The second-order valence-electron chi connectivity index (χ2n) is 3.97. The molecule has 0 spiro atoms. The van der Waals surface area contributed by atoms with Gasteiger partial charge in [-0.15, -0.1) is 0 Å². The van der Waals surface area contributed by atoms with Crippen LogP contribution in [0.25, 0.3) is 0 Å². The largest absolute Gasteiger partial charge is 0.497 e. The number of hydrogen-bond acceptors (Lipinski definition) is 4. The first kappa shape index (κ1) is 14.9. The Morgan fingerprint density at radius 1 is 1.44 bits per heavy atom. The Labute approximate surface area is 112 Å². The summed E-state index contributed by atoms with van der Waals surface area (Å²) in [5, 5.41) is 3.18. The summed E-state index contributed by atoms with van der Waals surface area (Å²) in [7, 11) is 1.64. The first-order valence-corrected chi connectivity index (χ1v) is 7.21. The zero-order valence-electron chi connectivity index (χ0n) is 10.8. The third-order valence-electron chi connectivity index (χ3n) is 2.67. The van der Waals surface area contributed by atoms with E-state index in [0.29, 0.717) is 6.54 Å². The topological polar surface area (TPSA) is 64.3 Å². The minimum absolute atomic E-state index is 0.264. The van der Waals surface area contributed by atoms with E-state index in [2.05, 4.69) is 5.32 Å². The van der Waals surface area contributed by atoms with Crippen molar-refractivity contribution in [2.24, 2.45) is 5.73 Å². The molecule has 3 N–H and O–H groups in total. The van der Waals surface area contributed by atoms with Crippen molar-refractivity contribution >= 4 is 17.7 Å². The van der Waals surface area contributed by atoms with E-state index < -0.39 is 0 Å². The Kier molecular flexibility index (Phi) is 6.60. The number of carbonyl (C=O) groups excluding carboxylic acids is 1. The molecule has 18 heavy (non-hydrogen) atoms. The molecule has 0 radical (unpaired) electrons. The molecule has 0 saturated carbocycles. The molecule has 0 heterocycles. The van der Waals surface area contributed by atoms with Gasteiger partial charge in [0.25, 0.3) is 0 Å². The van der Waals surface area contributed by atoms with Crippen molar-refractivity contribution in [2.75, 3.05) is 19.1 Å². The maximum Gasteiger partial charge on any atom is 0.234 e. The predicted octanol–water partition coefficient (Wildman–Crippen LogP) is 1.39. The molecule has 0 aliphatic rings. The van der Waals surface area contributed by atoms with Gasteiger partial charge in [0.2, 0.25) is 5.91 Å². The number of nitrogens with two attached hydrogens (primary N) is 1. The maximum atomic E-state index is 11.3. The third kappa shape index (κ3) is 4.98. The highest BCUT2D eigenvalue weighted by molar-refractivity contribution is 7.98.